The number of carbonyl (C=O) groups is 1. The molecule has 0 spiro atoms. The highest BCUT2D eigenvalue weighted by molar-refractivity contribution is 5.76. The molecule has 2 aromatic heterocycles. The van der Waals surface area contributed by atoms with Crippen molar-refractivity contribution in [2.24, 2.45) is 7.05 Å². The van der Waals surface area contributed by atoms with E-state index in [1.165, 1.54) is 6.26 Å². The predicted octanol–water partition coefficient (Wildman–Crippen LogP) is 2.18. The van der Waals surface area contributed by atoms with Gasteiger partial charge in [-0.15, -0.1) is 0 Å². The van der Waals surface area contributed by atoms with Crippen molar-refractivity contribution in [3.8, 4) is 0 Å². The van der Waals surface area contributed by atoms with Crippen LogP contribution >= 0.6 is 0 Å². The third-order valence-corrected chi connectivity index (χ3v) is 4.11. The molecule has 0 saturated heterocycles. The summed E-state index contributed by atoms with van der Waals surface area (Å²) in [5.41, 5.74) is 4.04. The Morgan fingerprint density at radius 1 is 1.48 bits per heavy atom. The zero-order valence-electron chi connectivity index (χ0n) is 13.3. The van der Waals surface area contributed by atoms with E-state index in [2.05, 4.69) is 10.3 Å². The summed E-state index contributed by atoms with van der Waals surface area (Å²) in [6.07, 6.45) is 2.69. The average Bonchev–Trinajstić information content (AvgIpc) is 3.06. The van der Waals surface area contributed by atoms with E-state index in [1.54, 1.807) is 18.0 Å². The van der Waals surface area contributed by atoms with E-state index in [-0.39, 0.29) is 11.9 Å². The first-order valence-corrected chi connectivity index (χ1v) is 7.06. The minimum atomic E-state index is -0.0904. The molecule has 0 saturated carbocycles. The van der Waals surface area contributed by atoms with E-state index >= 15 is 0 Å². The quantitative estimate of drug-likeness (QED) is 0.846. The second kappa shape index (κ2) is 6.11. The number of amides is 1. The van der Waals surface area contributed by atoms with Crippen LogP contribution in [0.25, 0.3) is 0 Å². The van der Waals surface area contributed by atoms with Gasteiger partial charge in [-0.25, -0.2) is 0 Å². The molecular formula is C15H22N4O2. The third kappa shape index (κ3) is 3.15. The van der Waals surface area contributed by atoms with Gasteiger partial charge in [0.1, 0.15) is 12.0 Å². The van der Waals surface area contributed by atoms with Gasteiger partial charge in [-0.2, -0.15) is 5.10 Å². The lowest BCUT2D eigenvalue weighted by Gasteiger charge is -2.23. The molecule has 1 amide bonds. The normalized spacial score (nSPS) is 12.4. The van der Waals surface area contributed by atoms with Crippen molar-refractivity contribution in [2.75, 3.05) is 7.05 Å². The van der Waals surface area contributed by atoms with Crippen molar-refractivity contribution in [1.29, 1.82) is 0 Å². The molecule has 0 aromatic carbocycles. The Hall–Kier alpha value is -2.11. The van der Waals surface area contributed by atoms with Crippen LogP contribution in [-0.2, 0) is 18.3 Å². The van der Waals surface area contributed by atoms with Crippen LogP contribution < -0.4 is 0 Å². The molecule has 2 aromatic rings. The lowest BCUT2D eigenvalue weighted by atomic mass is 10.1. The van der Waals surface area contributed by atoms with Gasteiger partial charge in [0.15, 0.2) is 0 Å². The van der Waals surface area contributed by atoms with E-state index in [0.29, 0.717) is 12.8 Å². The Bertz CT molecular complexity index is 616. The highest BCUT2D eigenvalue weighted by Crippen LogP contribution is 2.19. The zero-order chi connectivity index (χ0) is 15.6. The Morgan fingerprint density at radius 2 is 2.19 bits per heavy atom. The Morgan fingerprint density at radius 3 is 2.71 bits per heavy atom. The van der Waals surface area contributed by atoms with Gasteiger partial charge in [0, 0.05) is 32.3 Å². The first-order chi connectivity index (χ1) is 9.91. The second-order valence-electron chi connectivity index (χ2n) is 5.38. The second-order valence-corrected chi connectivity index (χ2v) is 5.38. The van der Waals surface area contributed by atoms with Gasteiger partial charge < -0.3 is 9.42 Å². The van der Waals surface area contributed by atoms with E-state index in [4.69, 9.17) is 4.52 Å². The van der Waals surface area contributed by atoms with Crippen LogP contribution in [0.4, 0.5) is 0 Å². The molecule has 114 valence electrons. The molecule has 0 N–H and O–H groups in total. The molecule has 0 fully saturated rings. The number of nitrogens with zero attached hydrogens (tertiary/aromatic N) is 4. The van der Waals surface area contributed by atoms with E-state index < -0.39 is 0 Å². The summed E-state index contributed by atoms with van der Waals surface area (Å²) in [4.78, 5) is 14.0. The van der Waals surface area contributed by atoms with E-state index in [1.807, 2.05) is 32.5 Å². The fraction of sp³-hybridized carbons (Fsp3) is 0.533. The van der Waals surface area contributed by atoms with Crippen LogP contribution in [0.15, 0.2) is 16.9 Å². The smallest absolute Gasteiger partial charge is 0.223 e. The first kappa shape index (κ1) is 15.3. The number of carbonyl (C=O) groups excluding carboxylic acids is 1. The largest absolute Gasteiger partial charge is 0.364 e. The molecular weight excluding hydrogens is 268 g/mol. The summed E-state index contributed by atoms with van der Waals surface area (Å²) >= 11 is 0. The summed E-state index contributed by atoms with van der Waals surface area (Å²) < 4.78 is 6.69. The minimum Gasteiger partial charge on any atom is -0.364 e. The number of aromatic nitrogens is 3. The standard InChI is InChI=1S/C15H22N4O2/c1-10-13(11(2)19(5)16-10)6-7-15(20)18(4)12(3)14-8-9-21-17-14/h8-9,12H,6-7H2,1-5H3/t12-/m0/s1. The average molecular weight is 290 g/mol. The summed E-state index contributed by atoms with van der Waals surface area (Å²) in [7, 11) is 3.72. The number of rotatable bonds is 5. The molecule has 6 heteroatoms. The first-order valence-electron chi connectivity index (χ1n) is 7.06. The van der Waals surface area contributed by atoms with Gasteiger partial charge in [0.25, 0.3) is 0 Å². The number of hydrogen-bond acceptors (Lipinski definition) is 4. The fourth-order valence-corrected chi connectivity index (χ4v) is 2.44. The predicted molar refractivity (Wildman–Crippen MR) is 78.7 cm³/mol. The van der Waals surface area contributed by atoms with Crippen molar-refractivity contribution in [1.82, 2.24) is 19.8 Å². The van der Waals surface area contributed by atoms with Crippen LogP contribution in [0.2, 0.25) is 0 Å². The SMILES string of the molecule is Cc1nn(C)c(C)c1CCC(=O)N(C)[C@@H](C)c1ccon1. The maximum absolute atomic E-state index is 12.3. The highest BCUT2D eigenvalue weighted by atomic mass is 16.5. The lowest BCUT2D eigenvalue weighted by molar-refractivity contribution is -0.131. The van der Waals surface area contributed by atoms with Gasteiger partial charge in [0.05, 0.1) is 11.7 Å². The van der Waals surface area contributed by atoms with Crippen LogP contribution in [0, 0.1) is 13.8 Å². The fourth-order valence-electron chi connectivity index (χ4n) is 2.44. The van der Waals surface area contributed by atoms with Crippen molar-refractivity contribution >= 4 is 5.91 Å². The molecule has 2 rings (SSSR count). The van der Waals surface area contributed by atoms with Gasteiger partial charge in [0.2, 0.25) is 5.91 Å². The maximum atomic E-state index is 12.3. The van der Waals surface area contributed by atoms with E-state index in [9.17, 15) is 4.79 Å². The van der Waals surface area contributed by atoms with Crippen LogP contribution in [0.1, 0.15) is 42.0 Å². The van der Waals surface area contributed by atoms with Gasteiger partial charge in [-0.3, -0.25) is 9.48 Å². The Kier molecular flexibility index (Phi) is 4.45. The van der Waals surface area contributed by atoms with Crippen molar-refractivity contribution in [2.45, 2.75) is 39.7 Å². The molecule has 21 heavy (non-hydrogen) atoms. The van der Waals surface area contributed by atoms with E-state index in [0.717, 1.165) is 22.6 Å². The number of hydrogen-bond donors (Lipinski definition) is 0. The van der Waals surface area contributed by atoms with Crippen LogP contribution in [0.5, 0.6) is 0 Å². The van der Waals surface area contributed by atoms with Gasteiger partial charge >= 0.3 is 0 Å². The molecule has 1 atom stereocenters. The van der Waals surface area contributed by atoms with Gasteiger partial charge in [-0.1, -0.05) is 5.16 Å². The molecule has 6 nitrogen and oxygen atoms in total. The topological polar surface area (TPSA) is 64.2 Å². The molecule has 0 aliphatic heterocycles. The monoisotopic (exact) mass is 290 g/mol. The van der Waals surface area contributed by atoms with Crippen molar-refractivity contribution < 1.29 is 9.32 Å². The number of aryl methyl sites for hydroxylation is 2. The minimum absolute atomic E-state index is 0.0904. The van der Waals surface area contributed by atoms with Crippen LogP contribution in [-0.4, -0.2) is 32.8 Å². The highest BCUT2D eigenvalue weighted by Gasteiger charge is 2.20. The Balaban J connectivity index is 1.98. The molecule has 0 aliphatic rings. The molecule has 0 bridgehead atoms. The zero-order valence-corrected chi connectivity index (χ0v) is 13.3. The van der Waals surface area contributed by atoms with Gasteiger partial charge in [-0.05, 0) is 32.8 Å². The maximum Gasteiger partial charge on any atom is 0.223 e. The molecule has 0 unspecified atom stereocenters. The summed E-state index contributed by atoms with van der Waals surface area (Å²) in [5, 5.41) is 8.27. The summed E-state index contributed by atoms with van der Waals surface area (Å²) in [6.45, 7) is 5.95. The Labute approximate surface area is 124 Å². The van der Waals surface area contributed by atoms with Crippen molar-refractivity contribution in [3.63, 3.8) is 0 Å². The summed E-state index contributed by atoms with van der Waals surface area (Å²) in [6, 6.07) is 1.69. The molecule has 2 heterocycles. The lowest BCUT2D eigenvalue weighted by Crippen LogP contribution is -2.30. The van der Waals surface area contributed by atoms with Crippen molar-refractivity contribution in [3.05, 3.63) is 35.0 Å². The molecule has 0 aliphatic carbocycles. The summed E-state index contributed by atoms with van der Waals surface area (Å²) in [5.74, 6) is 0.0909. The molecule has 0 radical (unpaired) electrons. The van der Waals surface area contributed by atoms with Crippen LogP contribution in [0.3, 0.4) is 0 Å². The third-order valence-electron chi connectivity index (χ3n) is 4.11.